The highest BCUT2D eigenvalue weighted by Gasteiger charge is 2.25. The zero-order valence-electron chi connectivity index (χ0n) is 17.7. The van der Waals surface area contributed by atoms with Gasteiger partial charge < -0.3 is 20.6 Å². The Kier molecular flexibility index (Phi) is 4.99. The standard InChI is InChI=1S/C26H20N4O3/c1-15-4-6-16(7-5-15)21-13-27-14-22(24(21)31)26(33)29-18-8-9-19-20(11-17-3-2-10-28-17)25(32)30-23(19)12-18/h2-14,28H,1H3,(H,27,31)(H,29,33)(H,30,32). The first kappa shape index (κ1) is 20.3. The number of aromatic nitrogens is 2. The third kappa shape index (κ3) is 3.87. The lowest BCUT2D eigenvalue weighted by atomic mass is 10.0. The first-order chi connectivity index (χ1) is 16.0. The third-order valence-corrected chi connectivity index (χ3v) is 5.53. The number of H-pyrrole nitrogens is 2. The zero-order valence-corrected chi connectivity index (χ0v) is 17.7. The second kappa shape index (κ2) is 8.12. The molecule has 0 atom stereocenters. The topological polar surface area (TPSA) is 107 Å². The van der Waals surface area contributed by atoms with E-state index in [-0.39, 0.29) is 16.9 Å². The Balaban J connectivity index is 1.41. The van der Waals surface area contributed by atoms with E-state index in [1.54, 1.807) is 36.7 Å². The molecular weight excluding hydrogens is 416 g/mol. The largest absolute Gasteiger partial charge is 0.366 e. The first-order valence-corrected chi connectivity index (χ1v) is 10.4. The van der Waals surface area contributed by atoms with Crippen molar-refractivity contribution < 1.29 is 9.59 Å². The minimum absolute atomic E-state index is 0.00457. The van der Waals surface area contributed by atoms with Crippen LogP contribution >= 0.6 is 0 Å². The van der Waals surface area contributed by atoms with Gasteiger partial charge in [-0.1, -0.05) is 35.9 Å². The molecule has 2 amide bonds. The summed E-state index contributed by atoms with van der Waals surface area (Å²) in [7, 11) is 0. The van der Waals surface area contributed by atoms with Crippen molar-refractivity contribution in [2.24, 2.45) is 0 Å². The Morgan fingerprint density at radius 2 is 1.79 bits per heavy atom. The molecule has 4 N–H and O–H groups in total. The molecule has 33 heavy (non-hydrogen) atoms. The van der Waals surface area contributed by atoms with Crippen LogP contribution in [-0.4, -0.2) is 21.8 Å². The van der Waals surface area contributed by atoms with Gasteiger partial charge in [0, 0.05) is 41.1 Å². The average molecular weight is 436 g/mol. The van der Waals surface area contributed by atoms with Gasteiger partial charge in [-0.25, -0.2) is 0 Å². The van der Waals surface area contributed by atoms with Crippen LogP contribution < -0.4 is 16.1 Å². The fourth-order valence-corrected chi connectivity index (χ4v) is 3.80. The maximum Gasteiger partial charge on any atom is 0.261 e. The monoisotopic (exact) mass is 436 g/mol. The van der Waals surface area contributed by atoms with Gasteiger partial charge in [-0.15, -0.1) is 0 Å². The van der Waals surface area contributed by atoms with Crippen molar-refractivity contribution in [1.82, 2.24) is 9.97 Å². The number of aryl methyl sites for hydroxylation is 1. The molecule has 0 unspecified atom stereocenters. The lowest BCUT2D eigenvalue weighted by Crippen LogP contribution is -2.22. The van der Waals surface area contributed by atoms with Crippen LogP contribution in [0.4, 0.5) is 11.4 Å². The molecular formula is C26H20N4O3. The SMILES string of the molecule is Cc1ccc(-c2c[nH]cc(C(=O)Nc3ccc4c(c3)NC(=O)C4=Cc3ccc[nH]3)c2=O)cc1. The number of carbonyl (C=O) groups is 2. The summed E-state index contributed by atoms with van der Waals surface area (Å²) in [6.07, 6.45) is 6.54. The smallest absolute Gasteiger partial charge is 0.261 e. The van der Waals surface area contributed by atoms with Gasteiger partial charge in [-0.05, 0) is 42.8 Å². The Labute approximate surface area is 189 Å². The van der Waals surface area contributed by atoms with Crippen molar-refractivity contribution in [2.75, 3.05) is 10.6 Å². The lowest BCUT2D eigenvalue weighted by Gasteiger charge is -2.08. The van der Waals surface area contributed by atoms with Gasteiger partial charge >= 0.3 is 0 Å². The van der Waals surface area contributed by atoms with Gasteiger partial charge in [0.05, 0.1) is 11.3 Å². The summed E-state index contributed by atoms with van der Waals surface area (Å²) in [6.45, 7) is 1.97. The number of fused-ring (bicyclic) bond motifs is 1. The minimum atomic E-state index is -0.531. The first-order valence-electron chi connectivity index (χ1n) is 10.4. The van der Waals surface area contributed by atoms with Crippen molar-refractivity contribution in [1.29, 1.82) is 0 Å². The molecule has 7 nitrogen and oxygen atoms in total. The highest BCUT2D eigenvalue weighted by Crippen LogP contribution is 2.35. The molecule has 0 aliphatic carbocycles. The second-order valence-corrected chi connectivity index (χ2v) is 7.83. The van der Waals surface area contributed by atoms with Crippen LogP contribution in [-0.2, 0) is 4.79 Å². The fourth-order valence-electron chi connectivity index (χ4n) is 3.80. The number of pyridine rings is 1. The van der Waals surface area contributed by atoms with Crippen molar-refractivity contribution >= 4 is 34.8 Å². The molecule has 0 bridgehead atoms. The summed E-state index contributed by atoms with van der Waals surface area (Å²) in [5, 5.41) is 5.58. The summed E-state index contributed by atoms with van der Waals surface area (Å²) in [5.74, 6) is -0.748. The lowest BCUT2D eigenvalue weighted by molar-refractivity contribution is -0.110. The second-order valence-electron chi connectivity index (χ2n) is 7.83. The van der Waals surface area contributed by atoms with Crippen LogP contribution in [0.3, 0.4) is 0 Å². The Morgan fingerprint density at radius 3 is 2.55 bits per heavy atom. The van der Waals surface area contributed by atoms with E-state index in [1.807, 2.05) is 43.3 Å². The summed E-state index contributed by atoms with van der Waals surface area (Å²) in [6, 6.07) is 16.4. The fraction of sp³-hybridized carbons (Fsp3) is 0.0385. The van der Waals surface area contributed by atoms with Gasteiger partial charge in [0.15, 0.2) is 0 Å². The van der Waals surface area contributed by atoms with E-state index in [4.69, 9.17) is 0 Å². The van der Waals surface area contributed by atoms with Crippen LogP contribution in [0.5, 0.6) is 0 Å². The summed E-state index contributed by atoms with van der Waals surface area (Å²) < 4.78 is 0. The molecule has 4 aromatic rings. The highest BCUT2D eigenvalue weighted by atomic mass is 16.2. The highest BCUT2D eigenvalue weighted by molar-refractivity contribution is 6.35. The number of benzene rings is 2. The molecule has 0 saturated heterocycles. The van der Waals surface area contributed by atoms with E-state index < -0.39 is 5.91 Å². The number of anilines is 2. The molecule has 0 saturated carbocycles. The number of hydrogen-bond donors (Lipinski definition) is 4. The minimum Gasteiger partial charge on any atom is -0.366 e. The zero-order chi connectivity index (χ0) is 22.9. The summed E-state index contributed by atoms with van der Waals surface area (Å²) in [4.78, 5) is 44.2. The summed E-state index contributed by atoms with van der Waals surface area (Å²) >= 11 is 0. The van der Waals surface area contributed by atoms with E-state index in [0.29, 0.717) is 22.5 Å². The molecule has 2 aromatic carbocycles. The Bertz CT molecular complexity index is 1460. The maximum atomic E-state index is 13.0. The Morgan fingerprint density at radius 1 is 0.970 bits per heavy atom. The van der Waals surface area contributed by atoms with Crippen LogP contribution in [0.25, 0.3) is 22.8 Å². The molecule has 1 aliphatic rings. The summed E-state index contributed by atoms with van der Waals surface area (Å²) in [5.41, 5.74) is 5.04. The van der Waals surface area contributed by atoms with Gasteiger partial charge in [-0.2, -0.15) is 0 Å². The molecule has 0 spiro atoms. The number of amides is 2. The van der Waals surface area contributed by atoms with Gasteiger partial charge in [0.25, 0.3) is 11.8 Å². The molecule has 1 aliphatic heterocycles. The van der Waals surface area contributed by atoms with Gasteiger partial charge in [0.2, 0.25) is 5.43 Å². The maximum absolute atomic E-state index is 13.0. The van der Waals surface area contributed by atoms with E-state index in [1.165, 1.54) is 6.20 Å². The van der Waals surface area contributed by atoms with E-state index >= 15 is 0 Å². The molecule has 3 heterocycles. The van der Waals surface area contributed by atoms with Crippen LogP contribution in [0.1, 0.15) is 27.2 Å². The molecule has 0 radical (unpaired) electrons. The normalized spacial score (nSPS) is 13.6. The number of aromatic amines is 2. The van der Waals surface area contributed by atoms with E-state index in [9.17, 15) is 14.4 Å². The van der Waals surface area contributed by atoms with Gasteiger partial charge in [0.1, 0.15) is 5.56 Å². The van der Waals surface area contributed by atoms with Crippen molar-refractivity contribution in [2.45, 2.75) is 6.92 Å². The average Bonchev–Trinajstić information content (AvgIpc) is 3.42. The molecule has 7 heteroatoms. The predicted octanol–water partition coefficient (Wildman–Crippen LogP) is 4.42. The number of carbonyl (C=O) groups excluding carboxylic acids is 2. The third-order valence-electron chi connectivity index (χ3n) is 5.53. The quantitative estimate of drug-likeness (QED) is 0.356. The number of hydrogen-bond acceptors (Lipinski definition) is 3. The Hall–Kier alpha value is -4.65. The van der Waals surface area contributed by atoms with Crippen LogP contribution in [0.15, 0.2) is 78.0 Å². The predicted molar refractivity (Wildman–Crippen MR) is 129 cm³/mol. The van der Waals surface area contributed by atoms with Crippen molar-refractivity contribution in [3.63, 3.8) is 0 Å². The van der Waals surface area contributed by atoms with Crippen molar-refractivity contribution in [3.8, 4) is 11.1 Å². The van der Waals surface area contributed by atoms with Crippen LogP contribution in [0.2, 0.25) is 0 Å². The number of nitrogens with one attached hydrogen (secondary N) is 4. The van der Waals surface area contributed by atoms with Crippen LogP contribution in [0, 0.1) is 6.92 Å². The van der Waals surface area contributed by atoms with Crippen molar-refractivity contribution in [3.05, 3.63) is 106 Å². The molecule has 162 valence electrons. The number of rotatable bonds is 4. The van der Waals surface area contributed by atoms with E-state index in [2.05, 4.69) is 20.6 Å². The van der Waals surface area contributed by atoms with E-state index in [0.717, 1.165) is 22.4 Å². The van der Waals surface area contributed by atoms with Gasteiger partial charge in [-0.3, -0.25) is 14.4 Å². The molecule has 2 aromatic heterocycles. The molecule has 5 rings (SSSR count). The molecule has 0 fully saturated rings.